The predicted molar refractivity (Wildman–Crippen MR) is 67.8 cm³/mol. The first-order chi connectivity index (χ1) is 8.17. The fraction of sp³-hybridized carbons (Fsp3) is 0.500. The Kier molecular flexibility index (Phi) is 5.53. The van der Waals surface area contributed by atoms with Gasteiger partial charge in [-0.3, -0.25) is 0 Å². The average molecular weight is 236 g/mol. The third-order valence-electron chi connectivity index (χ3n) is 2.52. The fourth-order valence-electron chi connectivity index (χ4n) is 1.68. The molecule has 0 bridgehead atoms. The molecule has 1 aromatic rings. The monoisotopic (exact) mass is 236 g/mol. The molecule has 0 unspecified atom stereocenters. The molecule has 0 heterocycles. The van der Waals surface area contributed by atoms with Crippen molar-refractivity contribution in [3.63, 3.8) is 0 Å². The third-order valence-corrected chi connectivity index (χ3v) is 2.52. The zero-order valence-electron chi connectivity index (χ0n) is 10.8. The predicted octanol–water partition coefficient (Wildman–Crippen LogP) is 3.01. The summed E-state index contributed by atoms with van der Waals surface area (Å²) in [5, 5.41) is 0. The Morgan fingerprint density at radius 2 is 2.06 bits per heavy atom. The van der Waals surface area contributed by atoms with Gasteiger partial charge in [-0.2, -0.15) is 0 Å². The van der Waals surface area contributed by atoms with E-state index in [1.165, 1.54) is 5.56 Å². The van der Waals surface area contributed by atoms with Gasteiger partial charge in [0.1, 0.15) is 5.78 Å². The molecule has 0 aromatic heterocycles. The van der Waals surface area contributed by atoms with Crippen molar-refractivity contribution < 1.29 is 14.3 Å². The molecule has 0 radical (unpaired) electrons. The average Bonchev–Trinajstić information content (AvgIpc) is 2.30. The number of ketones is 1. The minimum atomic E-state index is 0.239. The van der Waals surface area contributed by atoms with Crippen LogP contribution in [-0.4, -0.2) is 19.5 Å². The molecule has 1 aromatic carbocycles. The molecule has 0 atom stereocenters. The topological polar surface area (TPSA) is 35.5 Å². The number of aryl methyl sites for hydroxylation is 1. The summed E-state index contributed by atoms with van der Waals surface area (Å²) in [5.41, 5.74) is 1.17. The highest BCUT2D eigenvalue weighted by atomic mass is 16.5. The summed E-state index contributed by atoms with van der Waals surface area (Å²) < 4.78 is 10.7. The minimum Gasteiger partial charge on any atom is -0.493 e. The van der Waals surface area contributed by atoms with E-state index in [1.807, 2.05) is 25.1 Å². The van der Waals surface area contributed by atoms with Crippen molar-refractivity contribution in [3.05, 3.63) is 23.8 Å². The summed E-state index contributed by atoms with van der Waals surface area (Å²) in [6, 6.07) is 5.92. The van der Waals surface area contributed by atoms with Crippen LogP contribution in [0.4, 0.5) is 0 Å². The Morgan fingerprint density at radius 1 is 1.29 bits per heavy atom. The summed E-state index contributed by atoms with van der Waals surface area (Å²) in [6.07, 6.45) is 2.41. The maximum Gasteiger partial charge on any atom is 0.161 e. The second-order valence-electron chi connectivity index (χ2n) is 3.97. The number of carbonyl (C=O) groups excluding carboxylic acids is 1. The SMILES string of the molecule is CCOc1ccc(CCCC(C)=O)cc1OC. The highest BCUT2D eigenvalue weighted by Crippen LogP contribution is 2.28. The molecule has 94 valence electrons. The second-order valence-corrected chi connectivity index (χ2v) is 3.97. The normalized spacial score (nSPS) is 10.1. The van der Waals surface area contributed by atoms with Gasteiger partial charge in [-0.15, -0.1) is 0 Å². The van der Waals surface area contributed by atoms with Gasteiger partial charge in [0.15, 0.2) is 11.5 Å². The fourth-order valence-corrected chi connectivity index (χ4v) is 1.68. The van der Waals surface area contributed by atoms with Crippen LogP contribution in [0.2, 0.25) is 0 Å². The Bertz CT molecular complexity index is 372. The van der Waals surface area contributed by atoms with E-state index in [9.17, 15) is 4.79 Å². The Balaban J connectivity index is 2.65. The zero-order valence-corrected chi connectivity index (χ0v) is 10.8. The van der Waals surface area contributed by atoms with E-state index in [1.54, 1.807) is 14.0 Å². The smallest absolute Gasteiger partial charge is 0.161 e. The van der Waals surface area contributed by atoms with Gasteiger partial charge in [0, 0.05) is 6.42 Å². The van der Waals surface area contributed by atoms with Crippen molar-refractivity contribution in [3.8, 4) is 11.5 Å². The van der Waals surface area contributed by atoms with Gasteiger partial charge in [-0.1, -0.05) is 6.07 Å². The summed E-state index contributed by atoms with van der Waals surface area (Å²) in [5.74, 6) is 1.76. The maximum atomic E-state index is 10.9. The van der Waals surface area contributed by atoms with E-state index in [2.05, 4.69) is 0 Å². The second kappa shape index (κ2) is 6.94. The third kappa shape index (κ3) is 4.47. The zero-order chi connectivity index (χ0) is 12.7. The van der Waals surface area contributed by atoms with Gasteiger partial charge in [0.2, 0.25) is 0 Å². The lowest BCUT2D eigenvalue weighted by atomic mass is 10.1. The van der Waals surface area contributed by atoms with Crippen molar-refractivity contribution in [1.29, 1.82) is 0 Å². The number of rotatable bonds is 7. The van der Waals surface area contributed by atoms with Crippen LogP contribution in [-0.2, 0) is 11.2 Å². The lowest BCUT2D eigenvalue weighted by molar-refractivity contribution is -0.117. The minimum absolute atomic E-state index is 0.239. The molecule has 0 fully saturated rings. The molecule has 0 amide bonds. The first kappa shape index (κ1) is 13.6. The first-order valence-electron chi connectivity index (χ1n) is 5.96. The summed E-state index contributed by atoms with van der Waals surface area (Å²) in [7, 11) is 1.64. The van der Waals surface area contributed by atoms with E-state index >= 15 is 0 Å². The van der Waals surface area contributed by atoms with Gasteiger partial charge in [-0.05, 0) is 44.4 Å². The Labute approximate surface area is 103 Å². The van der Waals surface area contributed by atoms with Crippen LogP contribution in [0.3, 0.4) is 0 Å². The van der Waals surface area contributed by atoms with Crippen LogP contribution >= 0.6 is 0 Å². The molecule has 1 rings (SSSR count). The summed E-state index contributed by atoms with van der Waals surface area (Å²) in [4.78, 5) is 10.9. The number of hydrogen-bond donors (Lipinski definition) is 0. The van der Waals surface area contributed by atoms with E-state index in [4.69, 9.17) is 9.47 Å². The highest BCUT2D eigenvalue weighted by Gasteiger charge is 2.05. The molecule has 3 heteroatoms. The van der Waals surface area contributed by atoms with Crippen molar-refractivity contribution in [2.24, 2.45) is 0 Å². The van der Waals surface area contributed by atoms with Crippen LogP contribution < -0.4 is 9.47 Å². The lowest BCUT2D eigenvalue weighted by Crippen LogP contribution is -1.97. The summed E-state index contributed by atoms with van der Waals surface area (Å²) in [6.45, 7) is 4.19. The molecule has 3 nitrogen and oxygen atoms in total. The van der Waals surface area contributed by atoms with E-state index in [0.717, 1.165) is 24.3 Å². The number of Topliss-reactive ketones (excluding diaryl/α,β-unsaturated/α-hetero) is 1. The van der Waals surface area contributed by atoms with Crippen molar-refractivity contribution in [2.75, 3.05) is 13.7 Å². The van der Waals surface area contributed by atoms with Crippen LogP contribution in [0.15, 0.2) is 18.2 Å². The van der Waals surface area contributed by atoms with Gasteiger partial charge < -0.3 is 14.3 Å². The lowest BCUT2D eigenvalue weighted by Gasteiger charge is -2.10. The molecule has 17 heavy (non-hydrogen) atoms. The Morgan fingerprint density at radius 3 is 2.65 bits per heavy atom. The van der Waals surface area contributed by atoms with Crippen molar-refractivity contribution in [1.82, 2.24) is 0 Å². The van der Waals surface area contributed by atoms with E-state index in [-0.39, 0.29) is 5.78 Å². The maximum absolute atomic E-state index is 10.9. The number of methoxy groups -OCH3 is 1. The van der Waals surface area contributed by atoms with Crippen LogP contribution in [0, 0.1) is 0 Å². The molecule has 0 spiro atoms. The first-order valence-corrected chi connectivity index (χ1v) is 5.96. The summed E-state index contributed by atoms with van der Waals surface area (Å²) >= 11 is 0. The van der Waals surface area contributed by atoms with Gasteiger partial charge in [0.05, 0.1) is 13.7 Å². The number of ether oxygens (including phenoxy) is 2. The largest absolute Gasteiger partial charge is 0.493 e. The highest BCUT2D eigenvalue weighted by molar-refractivity contribution is 5.75. The van der Waals surface area contributed by atoms with Crippen molar-refractivity contribution in [2.45, 2.75) is 33.1 Å². The Hall–Kier alpha value is -1.51. The number of hydrogen-bond acceptors (Lipinski definition) is 3. The van der Waals surface area contributed by atoms with Crippen LogP contribution in [0.1, 0.15) is 32.3 Å². The standard InChI is InChI=1S/C14H20O3/c1-4-17-13-9-8-12(10-14(13)16-3)7-5-6-11(2)15/h8-10H,4-7H2,1-3H3. The van der Waals surface area contributed by atoms with Gasteiger partial charge in [0.25, 0.3) is 0 Å². The molecule has 0 aliphatic heterocycles. The van der Waals surface area contributed by atoms with Crippen LogP contribution in [0.5, 0.6) is 11.5 Å². The van der Waals surface area contributed by atoms with Gasteiger partial charge in [-0.25, -0.2) is 0 Å². The van der Waals surface area contributed by atoms with Crippen LogP contribution in [0.25, 0.3) is 0 Å². The number of benzene rings is 1. The molecular formula is C14H20O3. The van der Waals surface area contributed by atoms with Gasteiger partial charge >= 0.3 is 0 Å². The molecule has 0 N–H and O–H groups in total. The number of carbonyl (C=O) groups is 1. The van der Waals surface area contributed by atoms with E-state index < -0.39 is 0 Å². The molecule has 0 saturated heterocycles. The van der Waals surface area contributed by atoms with E-state index in [0.29, 0.717) is 13.0 Å². The quantitative estimate of drug-likeness (QED) is 0.730. The molecule has 0 aliphatic rings. The van der Waals surface area contributed by atoms with Crippen molar-refractivity contribution >= 4 is 5.78 Å². The molecule has 0 aliphatic carbocycles. The molecule has 0 saturated carbocycles. The molecular weight excluding hydrogens is 216 g/mol.